The quantitative estimate of drug-likeness (QED) is 0.536. The van der Waals surface area contributed by atoms with Gasteiger partial charge < -0.3 is 29.0 Å². The fourth-order valence-corrected chi connectivity index (χ4v) is 2.71. The number of anilines is 1. The molecule has 0 spiro atoms. The van der Waals surface area contributed by atoms with Crippen molar-refractivity contribution in [1.29, 1.82) is 0 Å². The molecule has 1 N–H and O–H groups in total. The van der Waals surface area contributed by atoms with Crippen LogP contribution < -0.4 is 24.3 Å². The molecule has 0 aliphatic rings. The molecule has 0 fully saturated rings. The monoisotopic (exact) mass is 431 g/mol. The number of nitrogens with one attached hydrogen (secondary N) is 1. The van der Waals surface area contributed by atoms with Crippen LogP contribution in [0.1, 0.15) is 38.1 Å². The predicted octanol–water partition coefficient (Wildman–Crippen LogP) is 4.08. The summed E-state index contributed by atoms with van der Waals surface area (Å²) in [4.78, 5) is 25.1. The first-order valence-corrected chi connectivity index (χ1v) is 10.2. The molecule has 2 aromatic rings. The van der Waals surface area contributed by atoms with Crippen LogP contribution in [0.2, 0.25) is 0 Å². The molecule has 31 heavy (non-hydrogen) atoms. The van der Waals surface area contributed by atoms with Crippen molar-refractivity contribution < 1.29 is 33.3 Å². The van der Waals surface area contributed by atoms with E-state index >= 15 is 0 Å². The van der Waals surface area contributed by atoms with Gasteiger partial charge in [-0.1, -0.05) is 0 Å². The maximum atomic E-state index is 12.7. The van der Waals surface area contributed by atoms with Gasteiger partial charge in [0.15, 0.2) is 17.6 Å². The van der Waals surface area contributed by atoms with Gasteiger partial charge in [0.2, 0.25) is 5.75 Å². The summed E-state index contributed by atoms with van der Waals surface area (Å²) < 4.78 is 27.3. The second-order valence-electron chi connectivity index (χ2n) is 6.37. The zero-order chi connectivity index (χ0) is 22.8. The summed E-state index contributed by atoms with van der Waals surface area (Å²) in [5, 5.41) is 2.70. The second kappa shape index (κ2) is 11.7. The molecule has 0 aromatic heterocycles. The molecule has 0 heterocycles. The summed E-state index contributed by atoms with van der Waals surface area (Å²) in [6, 6.07) is 9.87. The SMILES string of the molecule is CCOc1cc(C(=O)OC(C)C(=O)Nc2ccc(OC)cc2)cc(OCC)c1OCC. The Hall–Kier alpha value is -3.42. The van der Waals surface area contributed by atoms with E-state index in [0.717, 1.165) is 0 Å². The molecule has 1 atom stereocenters. The van der Waals surface area contributed by atoms with Crippen LogP contribution in [0.4, 0.5) is 5.69 Å². The third-order valence-electron chi connectivity index (χ3n) is 4.16. The minimum atomic E-state index is -1.02. The maximum absolute atomic E-state index is 12.7. The van der Waals surface area contributed by atoms with Crippen LogP contribution in [0.5, 0.6) is 23.0 Å². The molecule has 1 unspecified atom stereocenters. The molecule has 1 amide bonds. The lowest BCUT2D eigenvalue weighted by Crippen LogP contribution is -2.30. The van der Waals surface area contributed by atoms with Crippen molar-refractivity contribution in [1.82, 2.24) is 0 Å². The van der Waals surface area contributed by atoms with Crippen molar-refractivity contribution in [3.8, 4) is 23.0 Å². The highest BCUT2D eigenvalue weighted by molar-refractivity contribution is 5.97. The van der Waals surface area contributed by atoms with E-state index < -0.39 is 18.0 Å². The van der Waals surface area contributed by atoms with E-state index in [0.29, 0.717) is 48.5 Å². The summed E-state index contributed by atoms with van der Waals surface area (Å²) in [6.45, 7) is 8.16. The molecule has 0 aliphatic heterocycles. The van der Waals surface area contributed by atoms with Crippen molar-refractivity contribution in [2.75, 3.05) is 32.2 Å². The minimum Gasteiger partial charge on any atom is -0.497 e. The molecule has 0 saturated carbocycles. The van der Waals surface area contributed by atoms with Crippen LogP contribution in [-0.4, -0.2) is 44.9 Å². The van der Waals surface area contributed by atoms with Crippen LogP contribution in [0.25, 0.3) is 0 Å². The number of methoxy groups -OCH3 is 1. The molecule has 0 radical (unpaired) electrons. The van der Waals surface area contributed by atoms with E-state index in [4.69, 9.17) is 23.7 Å². The van der Waals surface area contributed by atoms with Gasteiger partial charge in [0, 0.05) is 5.69 Å². The standard InChI is InChI=1S/C23H29NO7/c1-6-28-19-13-16(14-20(29-7-2)21(19)30-8-3)23(26)31-15(4)22(25)24-17-9-11-18(27-5)12-10-17/h9-15H,6-8H2,1-5H3,(H,24,25). The molecule has 0 aliphatic carbocycles. The van der Waals surface area contributed by atoms with Crippen molar-refractivity contribution in [2.24, 2.45) is 0 Å². The number of ether oxygens (including phenoxy) is 5. The fourth-order valence-electron chi connectivity index (χ4n) is 2.71. The number of hydrogen-bond acceptors (Lipinski definition) is 7. The fraction of sp³-hybridized carbons (Fsp3) is 0.391. The Bertz CT molecular complexity index is 853. The third kappa shape index (κ3) is 6.53. The average molecular weight is 431 g/mol. The lowest BCUT2D eigenvalue weighted by atomic mass is 10.1. The number of carbonyl (C=O) groups is 2. The van der Waals surface area contributed by atoms with Gasteiger partial charge in [0.1, 0.15) is 5.75 Å². The van der Waals surface area contributed by atoms with Crippen LogP contribution in [0, 0.1) is 0 Å². The number of esters is 1. The van der Waals surface area contributed by atoms with E-state index in [1.807, 2.05) is 20.8 Å². The van der Waals surface area contributed by atoms with Gasteiger partial charge in [-0.2, -0.15) is 0 Å². The Morgan fingerprint density at radius 3 is 1.94 bits per heavy atom. The number of amides is 1. The highest BCUT2D eigenvalue weighted by Gasteiger charge is 2.23. The summed E-state index contributed by atoms with van der Waals surface area (Å²) in [6.07, 6.45) is -1.02. The summed E-state index contributed by atoms with van der Waals surface area (Å²) in [5.41, 5.74) is 0.756. The lowest BCUT2D eigenvalue weighted by Gasteiger charge is -2.18. The van der Waals surface area contributed by atoms with Crippen LogP contribution in [0.15, 0.2) is 36.4 Å². The van der Waals surface area contributed by atoms with Gasteiger partial charge >= 0.3 is 5.97 Å². The van der Waals surface area contributed by atoms with Gasteiger partial charge in [-0.3, -0.25) is 4.79 Å². The van der Waals surface area contributed by atoms with Crippen molar-refractivity contribution in [2.45, 2.75) is 33.8 Å². The Kier molecular flexibility index (Phi) is 8.99. The van der Waals surface area contributed by atoms with Gasteiger partial charge in [-0.05, 0) is 64.1 Å². The van der Waals surface area contributed by atoms with Crippen LogP contribution in [-0.2, 0) is 9.53 Å². The minimum absolute atomic E-state index is 0.194. The van der Waals surface area contributed by atoms with Gasteiger partial charge in [-0.25, -0.2) is 4.79 Å². The number of rotatable bonds is 11. The smallest absolute Gasteiger partial charge is 0.339 e. The molecular weight excluding hydrogens is 402 g/mol. The van der Waals surface area contributed by atoms with E-state index in [1.54, 1.807) is 31.4 Å². The molecule has 8 nitrogen and oxygen atoms in total. The average Bonchev–Trinajstić information content (AvgIpc) is 2.76. The first-order chi connectivity index (χ1) is 14.9. The normalized spacial score (nSPS) is 11.3. The van der Waals surface area contributed by atoms with E-state index in [1.165, 1.54) is 19.1 Å². The molecule has 2 rings (SSSR count). The molecule has 0 bridgehead atoms. The number of hydrogen-bond donors (Lipinski definition) is 1. The number of carbonyl (C=O) groups excluding carboxylic acids is 2. The largest absolute Gasteiger partial charge is 0.497 e. The van der Waals surface area contributed by atoms with Crippen molar-refractivity contribution in [3.63, 3.8) is 0 Å². The highest BCUT2D eigenvalue weighted by atomic mass is 16.6. The Morgan fingerprint density at radius 1 is 0.903 bits per heavy atom. The van der Waals surface area contributed by atoms with Gasteiger partial charge in [0.25, 0.3) is 5.91 Å². The molecule has 2 aromatic carbocycles. The van der Waals surface area contributed by atoms with E-state index in [9.17, 15) is 9.59 Å². The predicted molar refractivity (Wildman–Crippen MR) is 116 cm³/mol. The Balaban J connectivity index is 2.15. The summed E-state index contributed by atoms with van der Waals surface area (Å²) in [7, 11) is 1.56. The molecular formula is C23H29NO7. The van der Waals surface area contributed by atoms with Crippen molar-refractivity contribution >= 4 is 17.6 Å². The number of benzene rings is 2. The zero-order valence-electron chi connectivity index (χ0n) is 18.5. The van der Waals surface area contributed by atoms with Gasteiger partial charge in [0.05, 0.1) is 32.5 Å². The van der Waals surface area contributed by atoms with Crippen molar-refractivity contribution in [3.05, 3.63) is 42.0 Å². The van der Waals surface area contributed by atoms with E-state index in [2.05, 4.69) is 5.32 Å². The molecule has 0 saturated heterocycles. The first-order valence-electron chi connectivity index (χ1n) is 10.2. The van der Waals surface area contributed by atoms with E-state index in [-0.39, 0.29) is 5.56 Å². The third-order valence-corrected chi connectivity index (χ3v) is 4.16. The first kappa shape index (κ1) is 23.9. The summed E-state index contributed by atoms with van der Waals surface area (Å²) >= 11 is 0. The topological polar surface area (TPSA) is 92.3 Å². The highest BCUT2D eigenvalue weighted by Crippen LogP contribution is 2.39. The lowest BCUT2D eigenvalue weighted by molar-refractivity contribution is -0.123. The second-order valence-corrected chi connectivity index (χ2v) is 6.37. The maximum Gasteiger partial charge on any atom is 0.339 e. The zero-order valence-corrected chi connectivity index (χ0v) is 18.5. The summed E-state index contributed by atoms with van der Waals surface area (Å²) in [5.74, 6) is 0.702. The van der Waals surface area contributed by atoms with Crippen LogP contribution in [0.3, 0.4) is 0 Å². The van der Waals surface area contributed by atoms with Gasteiger partial charge in [-0.15, -0.1) is 0 Å². The Morgan fingerprint density at radius 2 is 1.45 bits per heavy atom. The molecule has 8 heteroatoms. The van der Waals surface area contributed by atoms with Crippen LogP contribution >= 0.6 is 0 Å². The Labute approximate surface area is 182 Å². The molecule has 168 valence electrons.